The maximum Gasteiger partial charge on any atom is 0.225 e. The summed E-state index contributed by atoms with van der Waals surface area (Å²) in [6, 6.07) is 5.45. The largest absolute Gasteiger partial charge is 0.439 e. The van der Waals surface area contributed by atoms with Crippen LogP contribution in [0.1, 0.15) is 16.8 Å². The van der Waals surface area contributed by atoms with Crippen LogP contribution in [-0.4, -0.2) is 9.97 Å². The van der Waals surface area contributed by atoms with E-state index in [1.807, 2.05) is 32.9 Å². The lowest BCUT2D eigenvalue weighted by molar-refractivity contribution is 0.460. The van der Waals surface area contributed by atoms with Crippen molar-refractivity contribution in [1.82, 2.24) is 9.97 Å². The number of nitrogens with zero attached hydrogens (tertiary/aromatic N) is 2. The Morgan fingerprint density at radius 1 is 0.944 bits per heavy atom. The molecular formula is C13H12Cl2N2O. The molecule has 1 aromatic heterocycles. The smallest absolute Gasteiger partial charge is 0.225 e. The highest BCUT2D eigenvalue weighted by Crippen LogP contribution is 2.28. The first kappa shape index (κ1) is 13.1. The summed E-state index contributed by atoms with van der Waals surface area (Å²) >= 11 is 11.9. The summed E-state index contributed by atoms with van der Waals surface area (Å²) in [7, 11) is 0. The summed E-state index contributed by atoms with van der Waals surface area (Å²) in [5.74, 6) is 1.11. The number of hydrogen-bond donors (Lipinski definition) is 0. The normalized spacial score (nSPS) is 10.5. The first-order valence-corrected chi connectivity index (χ1v) is 6.17. The highest BCUT2D eigenvalue weighted by atomic mass is 35.5. The van der Waals surface area contributed by atoms with Gasteiger partial charge >= 0.3 is 0 Å². The summed E-state index contributed by atoms with van der Waals surface area (Å²) in [5, 5.41) is 0.923. The van der Waals surface area contributed by atoms with Gasteiger partial charge in [0.05, 0.1) is 0 Å². The van der Waals surface area contributed by atoms with Crippen molar-refractivity contribution >= 4 is 23.2 Å². The van der Waals surface area contributed by atoms with Crippen molar-refractivity contribution in [3.8, 4) is 11.6 Å². The number of rotatable bonds is 2. The molecule has 2 aromatic rings. The van der Waals surface area contributed by atoms with E-state index in [0.29, 0.717) is 11.6 Å². The molecule has 3 nitrogen and oxygen atoms in total. The molecule has 5 heteroatoms. The first-order valence-electron chi connectivity index (χ1n) is 5.41. The topological polar surface area (TPSA) is 35.0 Å². The van der Waals surface area contributed by atoms with Gasteiger partial charge in [-0.1, -0.05) is 11.6 Å². The molecule has 0 saturated heterocycles. The molecule has 0 aliphatic rings. The van der Waals surface area contributed by atoms with E-state index in [4.69, 9.17) is 27.9 Å². The van der Waals surface area contributed by atoms with Gasteiger partial charge in [0.2, 0.25) is 11.2 Å². The summed E-state index contributed by atoms with van der Waals surface area (Å²) in [6.07, 6.45) is 0. The molecule has 0 spiro atoms. The van der Waals surface area contributed by atoms with E-state index >= 15 is 0 Å². The van der Waals surface area contributed by atoms with Crippen molar-refractivity contribution in [2.75, 3.05) is 0 Å². The number of aromatic nitrogens is 2. The van der Waals surface area contributed by atoms with Crippen LogP contribution >= 0.6 is 23.2 Å². The van der Waals surface area contributed by atoms with Gasteiger partial charge in [0.25, 0.3) is 0 Å². The van der Waals surface area contributed by atoms with Crippen LogP contribution in [0.5, 0.6) is 11.6 Å². The first-order chi connectivity index (χ1) is 8.45. The molecule has 0 amide bonds. The molecule has 0 aliphatic heterocycles. The Kier molecular flexibility index (Phi) is 3.73. The average Bonchev–Trinajstić information content (AvgIpc) is 2.24. The third-order valence-electron chi connectivity index (χ3n) is 2.44. The van der Waals surface area contributed by atoms with E-state index in [9.17, 15) is 0 Å². The predicted octanol–water partition coefficient (Wildman–Crippen LogP) is 4.50. The van der Waals surface area contributed by atoms with Crippen LogP contribution in [0.25, 0.3) is 0 Å². The van der Waals surface area contributed by atoms with Gasteiger partial charge in [0.15, 0.2) is 0 Å². The number of halogens is 2. The van der Waals surface area contributed by atoms with E-state index in [1.165, 1.54) is 0 Å². The van der Waals surface area contributed by atoms with Gasteiger partial charge in [-0.2, -0.15) is 4.98 Å². The number of hydrogen-bond acceptors (Lipinski definition) is 3. The minimum absolute atomic E-state index is 0.174. The van der Waals surface area contributed by atoms with Crippen molar-refractivity contribution in [3.05, 3.63) is 45.3 Å². The Labute approximate surface area is 116 Å². The molecule has 1 heterocycles. The lowest BCUT2D eigenvalue weighted by atomic mass is 10.1. The predicted molar refractivity (Wildman–Crippen MR) is 72.8 cm³/mol. The highest BCUT2D eigenvalue weighted by molar-refractivity contribution is 6.32. The maximum atomic E-state index is 6.10. The molecule has 94 valence electrons. The quantitative estimate of drug-likeness (QED) is 0.761. The second-order valence-electron chi connectivity index (χ2n) is 4.09. The fraction of sp³-hybridized carbons (Fsp3) is 0.231. The Hall–Kier alpha value is -1.32. The molecular weight excluding hydrogens is 271 g/mol. The maximum absolute atomic E-state index is 6.10. The van der Waals surface area contributed by atoms with Crippen LogP contribution in [-0.2, 0) is 0 Å². The molecule has 0 aliphatic carbocycles. The Morgan fingerprint density at radius 2 is 1.56 bits per heavy atom. The third kappa shape index (κ3) is 2.92. The van der Waals surface area contributed by atoms with Crippen molar-refractivity contribution in [2.45, 2.75) is 20.8 Å². The van der Waals surface area contributed by atoms with Gasteiger partial charge in [-0.25, -0.2) is 4.98 Å². The van der Waals surface area contributed by atoms with E-state index in [2.05, 4.69) is 9.97 Å². The molecule has 0 fully saturated rings. The van der Waals surface area contributed by atoms with Gasteiger partial charge < -0.3 is 4.74 Å². The molecule has 0 radical (unpaired) electrons. The van der Waals surface area contributed by atoms with Crippen molar-refractivity contribution in [3.63, 3.8) is 0 Å². The molecule has 0 saturated carbocycles. The number of ether oxygens (including phenoxy) is 1. The van der Waals surface area contributed by atoms with Gasteiger partial charge in [0, 0.05) is 16.8 Å². The van der Waals surface area contributed by atoms with E-state index in [1.54, 1.807) is 6.07 Å². The monoisotopic (exact) mass is 282 g/mol. The summed E-state index contributed by atoms with van der Waals surface area (Å²) in [4.78, 5) is 7.99. The third-order valence-corrected chi connectivity index (χ3v) is 3.20. The van der Waals surface area contributed by atoms with Gasteiger partial charge in [-0.3, -0.25) is 0 Å². The Morgan fingerprint density at radius 3 is 2.11 bits per heavy atom. The minimum Gasteiger partial charge on any atom is -0.439 e. The molecule has 18 heavy (non-hydrogen) atoms. The summed E-state index contributed by atoms with van der Waals surface area (Å²) in [5.41, 5.74) is 2.68. The lowest BCUT2D eigenvalue weighted by Crippen LogP contribution is -1.93. The molecule has 2 rings (SSSR count). The Balaban J connectivity index is 2.34. The molecule has 0 bridgehead atoms. The van der Waals surface area contributed by atoms with Crippen molar-refractivity contribution < 1.29 is 4.74 Å². The van der Waals surface area contributed by atoms with E-state index in [0.717, 1.165) is 21.8 Å². The van der Waals surface area contributed by atoms with Crippen LogP contribution in [0.2, 0.25) is 10.3 Å². The summed E-state index contributed by atoms with van der Waals surface area (Å²) < 4.78 is 5.66. The average molecular weight is 283 g/mol. The van der Waals surface area contributed by atoms with Crippen LogP contribution in [0.4, 0.5) is 0 Å². The second kappa shape index (κ2) is 5.12. The summed E-state index contributed by atoms with van der Waals surface area (Å²) in [6.45, 7) is 5.69. The van der Waals surface area contributed by atoms with Crippen LogP contribution in [0.3, 0.4) is 0 Å². The zero-order valence-corrected chi connectivity index (χ0v) is 11.8. The van der Waals surface area contributed by atoms with Crippen LogP contribution in [0.15, 0.2) is 18.2 Å². The number of benzene rings is 1. The van der Waals surface area contributed by atoms with E-state index < -0.39 is 0 Å². The second-order valence-corrected chi connectivity index (χ2v) is 4.81. The minimum atomic E-state index is 0.174. The SMILES string of the molecule is Cc1cc(Oc2cc(C)c(Cl)c(C)c2)nc(Cl)n1. The zero-order chi connectivity index (χ0) is 13.3. The van der Waals surface area contributed by atoms with Gasteiger partial charge in [0.1, 0.15) is 5.75 Å². The zero-order valence-electron chi connectivity index (χ0n) is 10.3. The Bertz CT molecular complexity index is 556. The van der Waals surface area contributed by atoms with Gasteiger partial charge in [-0.05, 0) is 55.6 Å². The molecule has 0 atom stereocenters. The van der Waals surface area contributed by atoms with E-state index in [-0.39, 0.29) is 5.28 Å². The fourth-order valence-corrected chi connectivity index (χ4v) is 1.97. The fourth-order valence-electron chi connectivity index (χ4n) is 1.64. The molecule has 0 N–H and O–H groups in total. The van der Waals surface area contributed by atoms with Crippen molar-refractivity contribution in [2.24, 2.45) is 0 Å². The van der Waals surface area contributed by atoms with Crippen molar-refractivity contribution in [1.29, 1.82) is 0 Å². The molecule has 0 unspecified atom stereocenters. The highest BCUT2D eigenvalue weighted by Gasteiger charge is 2.06. The van der Waals surface area contributed by atoms with Crippen LogP contribution in [0, 0.1) is 20.8 Å². The van der Waals surface area contributed by atoms with Gasteiger partial charge in [-0.15, -0.1) is 0 Å². The van der Waals surface area contributed by atoms with Crippen LogP contribution < -0.4 is 4.74 Å². The molecule has 1 aromatic carbocycles. The lowest BCUT2D eigenvalue weighted by Gasteiger charge is -2.09. The number of aryl methyl sites for hydroxylation is 3. The standard InChI is InChI=1S/C13H12Cl2N2O/c1-7-4-10(5-8(2)12(7)14)18-11-6-9(3)16-13(15)17-11/h4-6H,1-3H3.